The molecular formula is C21H25ClN4O3. The molecule has 0 aliphatic carbocycles. The van der Waals surface area contributed by atoms with Crippen LogP contribution in [0.5, 0.6) is 0 Å². The van der Waals surface area contributed by atoms with Crippen LogP contribution < -0.4 is 15.5 Å². The molecule has 2 aromatic rings. The zero-order valence-electron chi connectivity index (χ0n) is 16.4. The molecule has 7 nitrogen and oxygen atoms in total. The molecule has 0 unspecified atom stereocenters. The van der Waals surface area contributed by atoms with Gasteiger partial charge in [0.1, 0.15) is 0 Å². The first-order valence-corrected chi connectivity index (χ1v) is 9.85. The highest BCUT2D eigenvalue weighted by Crippen LogP contribution is 2.19. The lowest BCUT2D eigenvalue weighted by Crippen LogP contribution is -2.48. The van der Waals surface area contributed by atoms with Crippen molar-refractivity contribution in [3.8, 4) is 0 Å². The predicted molar refractivity (Wildman–Crippen MR) is 114 cm³/mol. The van der Waals surface area contributed by atoms with Crippen LogP contribution in [0.1, 0.15) is 5.56 Å². The molecule has 1 aliphatic heterocycles. The zero-order valence-corrected chi connectivity index (χ0v) is 17.1. The van der Waals surface area contributed by atoms with E-state index in [1.807, 2.05) is 36.4 Å². The summed E-state index contributed by atoms with van der Waals surface area (Å²) in [6.07, 6.45) is 0. The number of nitrogens with zero attached hydrogens (tertiary/aromatic N) is 2. The number of rotatable bonds is 6. The number of ether oxygens (including phenoxy) is 1. The van der Waals surface area contributed by atoms with Gasteiger partial charge in [0.05, 0.1) is 13.7 Å². The summed E-state index contributed by atoms with van der Waals surface area (Å²) < 4.78 is 4.72. The lowest BCUT2D eigenvalue weighted by atomic mass is 10.2. The van der Waals surface area contributed by atoms with E-state index in [1.165, 1.54) is 7.11 Å². The van der Waals surface area contributed by atoms with Gasteiger partial charge in [-0.15, -0.1) is 0 Å². The number of hydrogen-bond donors (Lipinski definition) is 2. The van der Waals surface area contributed by atoms with E-state index in [0.29, 0.717) is 18.1 Å². The van der Waals surface area contributed by atoms with Crippen LogP contribution in [0, 0.1) is 0 Å². The van der Waals surface area contributed by atoms with Crippen molar-refractivity contribution in [3.05, 3.63) is 59.1 Å². The maximum absolute atomic E-state index is 12.1. The molecule has 154 valence electrons. The van der Waals surface area contributed by atoms with E-state index in [-0.39, 0.29) is 12.0 Å². The van der Waals surface area contributed by atoms with Gasteiger partial charge >= 0.3 is 12.0 Å². The van der Waals surface area contributed by atoms with E-state index in [0.717, 1.165) is 43.1 Å². The number of benzene rings is 2. The normalized spacial score (nSPS) is 14.3. The number of nitrogens with one attached hydrogen (secondary N) is 2. The third kappa shape index (κ3) is 6.37. The fourth-order valence-corrected chi connectivity index (χ4v) is 3.25. The maximum Gasteiger partial charge on any atom is 0.319 e. The Morgan fingerprint density at radius 3 is 2.28 bits per heavy atom. The second-order valence-corrected chi connectivity index (χ2v) is 7.26. The van der Waals surface area contributed by atoms with E-state index in [2.05, 4.69) is 20.4 Å². The van der Waals surface area contributed by atoms with Gasteiger partial charge in [-0.2, -0.15) is 0 Å². The van der Waals surface area contributed by atoms with Crippen LogP contribution in [0.25, 0.3) is 0 Å². The third-order valence-electron chi connectivity index (χ3n) is 4.81. The van der Waals surface area contributed by atoms with Gasteiger partial charge < -0.3 is 20.3 Å². The average Bonchev–Trinajstić information content (AvgIpc) is 2.74. The van der Waals surface area contributed by atoms with Crippen molar-refractivity contribution in [1.82, 2.24) is 10.2 Å². The van der Waals surface area contributed by atoms with Crippen molar-refractivity contribution in [2.75, 3.05) is 50.1 Å². The minimum atomic E-state index is -0.260. The number of carbonyl (C=O) groups excluding carboxylic acids is 2. The van der Waals surface area contributed by atoms with Gasteiger partial charge in [0.2, 0.25) is 0 Å². The molecule has 1 saturated heterocycles. The Kier molecular flexibility index (Phi) is 7.32. The van der Waals surface area contributed by atoms with Crippen LogP contribution in [0.15, 0.2) is 48.5 Å². The molecule has 0 atom stereocenters. The second-order valence-electron chi connectivity index (χ2n) is 6.82. The third-order valence-corrected chi connectivity index (χ3v) is 5.06. The van der Waals surface area contributed by atoms with Crippen molar-refractivity contribution < 1.29 is 14.3 Å². The zero-order chi connectivity index (χ0) is 20.6. The molecule has 0 saturated carbocycles. The summed E-state index contributed by atoms with van der Waals surface area (Å²) in [4.78, 5) is 27.8. The number of esters is 1. The highest BCUT2D eigenvalue weighted by molar-refractivity contribution is 6.30. The molecule has 0 radical (unpaired) electrons. The van der Waals surface area contributed by atoms with Crippen LogP contribution >= 0.6 is 11.6 Å². The van der Waals surface area contributed by atoms with Crippen LogP contribution in [-0.4, -0.2) is 56.7 Å². The average molecular weight is 417 g/mol. The number of anilines is 2. The Hall–Kier alpha value is -2.77. The first kappa shape index (κ1) is 21.0. The van der Waals surface area contributed by atoms with Gasteiger partial charge in [0.25, 0.3) is 0 Å². The predicted octanol–water partition coefficient (Wildman–Crippen LogP) is 2.96. The topological polar surface area (TPSA) is 73.9 Å². The fraction of sp³-hybridized carbons (Fsp3) is 0.333. The van der Waals surface area contributed by atoms with Gasteiger partial charge in [-0.1, -0.05) is 23.7 Å². The van der Waals surface area contributed by atoms with E-state index >= 15 is 0 Å². The molecule has 1 fully saturated rings. The Morgan fingerprint density at radius 2 is 1.66 bits per heavy atom. The fourth-order valence-electron chi connectivity index (χ4n) is 3.13. The first-order valence-electron chi connectivity index (χ1n) is 9.47. The molecule has 8 heteroatoms. The Morgan fingerprint density at radius 1 is 1.00 bits per heavy atom. The minimum absolute atomic E-state index is 0.205. The van der Waals surface area contributed by atoms with Crippen LogP contribution in [0.2, 0.25) is 5.02 Å². The SMILES string of the molecule is COC(=O)CN1CCN(c2ccc(NC(=O)NCc3ccc(Cl)cc3)cc2)CC1. The number of carbonyl (C=O) groups is 2. The number of halogens is 1. The highest BCUT2D eigenvalue weighted by atomic mass is 35.5. The Bertz CT molecular complexity index is 819. The number of piperazine rings is 1. The maximum atomic E-state index is 12.1. The second kappa shape index (κ2) is 10.1. The highest BCUT2D eigenvalue weighted by Gasteiger charge is 2.19. The van der Waals surface area contributed by atoms with Crippen molar-refractivity contribution in [1.29, 1.82) is 0 Å². The number of amides is 2. The van der Waals surface area contributed by atoms with E-state index in [4.69, 9.17) is 16.3 Å². The van der Waals surface area contributed by atoms with Crippen molar-refractivity contribution in [2.24, 2.45) is 0 Å². The summed E-state index contributed by atoms with van der Waals surface area (Å²) in [5.41, 5.74) is 2.80. The van der Waals surface area contributed by atoms with Gasteiger partial charge in [-0.05, 0) is 42.0 Å². The number of methoxy groups -OCH3 is 1. The van der Waals surface area contributed by atoms with E-state index in [1.54, 1.807) is 12.1 Å². The summed E-state index contributed by atoms with van der Waals surface area (Å²) in [6.45, 7) is 4.05. The molecule has 1 heterocycles. The van der Waals surface area contributed by atoms with Gasteiger partial charge in [0.15, 0.2) is 0 Å². The van der Waals surface area contributed by atoms with Gasteiger partial charge in [0, 0.05) is 49.1 Å². The first-order chi connectivity index (χ1) is 14.0. The van der Waals surface area contributed by atoms with Crippen molar-refractivity contribution in [2.45, 2.75) is 6.54 Å². The summed E-state index contributed by atoms with van der Waals surface area (Å²) in [7, 11) is 1.41. The lowest BCUT2D eigenvalue weighted by Gasteiger charge is -2.35. The Labute approximate surface area is 175 Å². The summed E-state index contributed by atoms with van der Waals surface area (Å²) in [5, 5.41) is 6.33. The molecule has 29 heavy (non-hydrogen) atoms. The molecule has 2 aromatic carbocycles. The Balaban J connectivity index is 1.44. The summed E-state index contributed by atoms with van der Waals surface area (Å²) in [5.74, 6) is -0.205. The summed E-state index contributed by atoms with van der Waals surface area (Å²) in [6, 6.07) is 14.8. The van der Waals surface area contributed by atoms with Crippen LogP contribution in [0.3, 0.4) is 0 Å². The molecule has 0 aromatic heterocycles. The summed E-state index contributed by atoms with van der Waals surface area (Å²) >= 11 is 5.86. The molecular weight excluding hydrogens is 392 g/mol. The lowest BCUT2D eigenvalue weighted by molar-refractivity contribution is -0.142. The quantitative estimate of drug-likeness (QED) is 0.708. The molecule has 3 rings (SSSR count). The minimum Gasteiger partial charge on any atom is -0.468 e. The monoisotopic (exact) mass is 416 g/mol. The molecule has 2 N–H and O–H groups in total. The number of hydrogen-bond acceptors (Lipinski definition) is 5. The van der Waals surface area contributed by atoms with Gasteiger partial charge in [-0.25, -0.2) is 4.79 Å². The largest absolute Gasteiger partial charge is 0.468 e. The molecule has 0 bridgehead atoms. The van der Waals surface area contributed by atoms with Crippen molar-refractivity contribution in [3.63, 3.8) is 0 Å². The van der Waals surface area contributed by atoms with E-state index < -0.39 is 0 Å². The molecule has 1 aliphatic rings. The smallest absolute Gasteiger partial charge is 0.319 e. The molecule has 0 spiro atoms. The van der Waals surface area contributed by atoms with E-state index in [9.17, 15) is 9.59 Å². The standard InChI is InChI=1S/C21H25ClN4O3/c1-29-20(27)15-25-10-12-26(13-11-25)19-8-6-18(7-9-19)24-21(28)23-14-16-2-4-17(22)5-3-16/h2-9H,10-15H2,1H3,(H2,23,24,28). The van der Waals surface area contributed by atoms with Crippen LogP contribution in [-0.2, 0) is 16.1 Å². The number of urea groups is 1. The van der Waals surface area contributed by atoms with Crippen LogP contribution in [0.4, 0.5) is 16.2 Å². The van der Waals surface area contributed by atoms with Gasteiger partial charge in [-0.3, -0.25) is 9.69 Å². The van der Waals surface area contributed by atoms with Crippen molar-refractivity contribution >= 4 is 35.0 Å². The molecule has 2 amide bonds.